The average molecular weight is 635 g/mol. The lowest BCUT2D eigenvalue weighted by Crippen LogP contribution is -2.10. The molecule has 0 atom stereocenters. The van der Waals surface area contributed by atoms with E-state index >= 15 is 0 Å². The summed E-state index contributed by atoms with van der Waals surface area (Å²) >= 11 is 0. The summed E-state index contributed by atoms with van der Waals surface area (Å²) in [5.41, 5.74) is 14.0. The predicted molar refractivity (Wildman–Crippen MR) is 210 cm³/mol. The van der Waals surface area contributed by atoms with Crippen molar-refractivity contribution < 1.29 is 0 Å². The van der Waals surface area contributed by atoms with Gasteiger partial charge in [-0.15, -0.1) is 0 Å². The van der Waals surface area contributed by atoms with Crippen molar-refractivity contribution >= 4 is 32.6 Å². The van der Waals surface area contributed by atoms with Crippen molar-refractivity contribution in [2.24, 2.45) is 0 Å². The van der Waals surface area contributed by atoms with E-state index in [2.05, 4.69) is 186 Å². The van der Waals surface area contributed by atoms with Crippen molar-refractivity contribution in [2.45, 2.75) is 52.4 Å². The van der Waals surface area contributed by atoms with Gasteiger partial charge in [0.05, 0.1) is 16.9 Å². The monoisotopic (exact) mass is 634 g/mol. The SMILES string of the molecule is CC(C)(C)c1ccc(-c2cc(-c3ccc(C(C)(C)C)cc3)cc(-c3nc(-c4cccc5c4[nH]c4ccccc45)cc4ccccc34)c2)cc1. The molecule has 8 aromatic rings. The molecule has 0 saturated heterocycles. The molecule has 0 radical (unpaired) electrons. The van der Waals surface area contributed by atoms with E-state index in [4.69, 9.17) is 4.98 Å². The Morgan fingerprint density at radius 3 is 1.59 bits per heavy atom. The van der Waals surface area contributed by atoms with E-state index in [-0.39, 0.29) is 10.8 Å². The summed E-state index contributed by atoms with van der Waals surface area (Å²) in [4.78, 5) is 9.21. The molecule has 0 aliphatic carbocycles. The number of hydrogen-bond donors (Lipinski definition) is 1. The maximum Gasteiger partial charge on any atom is 0.0788 e. The van der Waals surface area contributed by atoms with Crippen molar-refractivity contribution in [2.75, 3.05) is 0 Å². The third-order valence-corrected chi connectivity index (χ3v) is 9.93. The average Bonchev–Trinajstić information content (AvgIpc) is 3.49. The number of para-hydroxylation sites is 2. The number of aromatic nitrogens is 2. The molecule has 0 amide bonds. The molecule has 6 aromatic carbocycles. The molecule has 0 fully saturated rings. The molecule has 0 aliphatic heterocycles. The maximum absolute atomic E-state index is 5.50. The topological polar surface area (TPSA) is 28.7 Å². The van der Waals surface area contributed by atoms with Crippen LogP contribution in [-0.2, 0) is 10.8 Å². The fourth-order valence-corrected chi connectivity index (χ4v) is 7.07. The second kappa shape index (κ2) is 11.6. The van der Waals surface area contributed by atoms with Crippen LogP contribution in [0.2, 0.25) is 0 Å². The van der Waals surface area contributed by atoms with E-state index in [1.54, 1.807) is 0 Å². The molecule has 2 heteroatoms. The molecule has 240 valence electrons. The zero-order valence-corrected chi connectivity index (χ0v) is 29.2. The summed E-state index contributed by atoms with van der Waals surface area (Å²) in [5.74, 6) is 0. The minimum Gasteiger partial charge on any atom is -0.354 e. The van der Waals surface area contributed by atoms with Crippen LogP contribution in [0.15, 0.2) is 140 Å². The van der Waals surface area contributed by atoms with Gasteiger partial charge in [0.25, 0.3) is 0 Å². The minimum absolute atomic E-state index is 0.0947. The summed E-state index contributed by atoms with van der Waals surface area (Å²) in [6.07, 6.45) is 0. The fourth-order valence-electron chi connectivity index (χ4n) is 7.07. The van der Waals surface area contributed by atoms with Crippen molar-refractivity contribution in [3.63, 3.8) is 0 Å². The first-order valence-corrected chi connectivity index (χ1v) is 17.3. The Hall–Kier alpha value is -5.47. The van der Waals surface area contributed by atoms with Crippen molar-refractivity contribution in [3.05, 3.63) is 151 Å². The van der Waals surface area contributed by atoms with Gasteiger partial charge in [-0.25, -0.2) is 4.98 Å². The van der Waals surface area contributed by atoms with Crippen LogP contribution in [0.3, 0.4) is 0 Å². The standard InChI is InChI=1S/C47H42N2/c1-46(2,3)36-22-18-30(19-23-36)33-26-34(31-20-24-37(25-21-31)47(4,5)6)28-35(27-33)44-38-13-8-7-12-32(38)29-43(49-44)41-16-11-15-40-39-14-9-10-17-42(39)48-45(40)41/h7-29,48H,1-6H3. The maximum atomic E-state index is 5.50. The Kier molecular flexibility index (Phi) is 7.30. The summed E-state index contributed by atoms with van der Waals surface area (Å²) in [6.45, 7) is 13.6. The number of H-pyrrole nitrogens is 1. The van der Waals surface area contributed by atoms with E-state index < -0.39 is 0 Å². The molecule has 2 heterocycles. The number of hydrogen-bond acceptors (Lipinski definition) is 1. The second-order valence-corrected chi connectivity index (χ2v) is 15.4. The Labute approximate surface area is 289 Å². The van der Waals surface area contributed by atoms with Crippen LogP contribution in [0.5, 0.6) is 0 Å². The van der Waals surface area contributed by atoms with E-state index in [0.717, 1.165) is 38.9 Å². The smallest absolute Gasteiger partial charge is 0.0788 e. The first-order valence-electron chi connectivity index (χ1n) is 17.3. The molecule has 2 aromatic heterocycles. The van der Waals surface area contributed by atoms with Gasteiger partial charge in [-0.3, -0.25) is 0 Å². The van der Waals surface area contributed by atoms with Crippen molar-refractivity contribution in [3.8, 4) is 44.8 Å². The Morgan fingerprint density at radius 2 is 0.980 bits per heavy atom. The number of fused-ring (bicyclic) bond motifs is 4. The zero-order chi connectivity index (χ0) is 33.9. The first kappa shape index (κ1) is 30.8. The van der Waals surface area contributed by atoms with Crippen LogP contribution in [0.25, 0.3) is 77.3 Å². The van der Waals surface area contributed by atoms with E-state index in [1.165, 1.54) is 49.5 Å². The van der Waals surface area contributed by atoms with Gasteiger partial charge in [0, 0.05) is 32.8 Å². The number of nitrogens with zero attached hydrogens (tertiary/aromatic N) is 1. The third-order valence-electron chi connectivity index (χ3n) is 9.93. The lowest BCUT2D eigenvalue weighted by Gasteiger charge is -2.20. The predicted octanol–water partition coefficient (Wildman–Crippen LogP) is 13.1. The van der Waals surface area contributed by atoms with Crippen LogP contribution in [0.4, 0.5) is 0 Å². The number of nitrogens with one attached hydrogen (secondary N) is 1. The molecular weight excluding hydrogens is 593 g/mol. The van der Waals surface area contributed by atoms with Crippen LogP contribution >= 0.6 is 0 Å². The molecule has 0 spiro atoms. The van der Waals surface area contributed by atoms with E-state index in [9.17, 15) is 0 Å². The lowest BCUT2D eigenvalue weighted by molar-refractivity contribution is 0.590. The van der Waals surface area contributed by atoms with Gasteiger partial charge in [0.1, 0.15) is 0 Å². The van der Waals surface area contributed by atoms with Crippen molar-refractivity contribution in [1.82, 2.24) is 9.97 Å². The molecule has 0 bridgehead atoms. The summed E-state index contributed by atoms with van der Waals surface area (Å²) in [5, 5.41) is 4.76. The Morgan fingerprint density at radius 1 is 0.449 bits per heavy atom. The van der Waals surface area contributed by atoms with Crippen LogP contribution in [0, 0.1) is 0 Å². The number of rotatable bonds is 4. The normalized spacial score (nSPS) is 12.3. The van der Waals surface area contributed by atoms with Gasteiger partial charge in [0.2, 0.25) is 0 Å². The largest absolute Gasteiger partial charge is 0.354 e. The molecule has 8 rings (SSSR count). The number of benzene rings is 6. The summed E-state index contributed by atoms with van der Waals surface area (Å²) in [7, 11) is 0. The van der Waals surface area contributed by atoms with Gasteiger partial charge in [-0.05, 0) is 79.9 Å². The molecule has 0 aliphatic rings. The molecular formula is C47H42N2. The quantitative estimate of drug-likeness (QED) is 0.205. The van der Waals surface area contributed by atoms with Gasteiger partial charge >= 0.3 is 0 Å². The van der Waals surface area contributed by atoms with Crippen LogP contribution in [0.1, 0.15) is 52.7 Å². The molecule has 2 nitrogen and oxygen atoms in total. The highest BCUT2D eigenvalue weighted by molar-refractivity contribution is 6.12. The summed E-state index contributed by atoms with van der Waals surface area (Å²) < 4.78 is 0. The summed E-state index contributed by atoms with van der Waals surface area (Å²) in [6, 6.07) is 51.1. The molecule has 1 N–H and O–H groups in total. The third kappa shape index (κ3) is 5.72. The molecule has 49 heavy (non-hydrogen) atoms. The van der Waals surface area contributed by atoms with E-state index in [0.29, 0.717) is 0 Å². The van der Waals surface area contributed by atoms with Crippen LogP contribution in [-0.4, -0.2) is 9.97 Å². The highest BCUT2D eigenvalue weighted by Gasteiger charge is 2.18. The van der Waals surface area contributed by atoms with Gasteiger partial charge in [-0.2, -0.15) is 0 Å². The second-order valence-electron chi connectivity index (χ2n) is 15.4. The Balaban J connectivity index is 1.35. The van der Waals surface area contributed by atoms with Gasteiger partial charge in [0.15, 0.2) is 0 Å². The number of aromatic amines is 1. The van der Waals surface area contributed by atoms with E-state index in [1.807, 2.05) is 0 Å². The van der Waals surface area contributed by atoms with Gasteiger partial charge < -0.3 is 4.98 Å². The number of pyridine rings is 1. The fraction of sp³-hybridized carbons (Fsp3) is 0.170. The molecule has 0 saturated carbocycles. The molecule has 0 unspecified atom stereocenters. The highest BCUT2D eigenvalue weighted by atomic mass is 14.7. The van der Waals surface area contributed by atoms with Crippen LogP contribution < -0.4 is 0 Å². The zero-order valence-electron chi connectivity index (χ0n) is 29.2. The Bertz CT molecular complexity index is 2410. The minimum atomic E-state index is 0.0947. The van der Waals surface area contributed by atoms with Gasteiger partial charge in [-0.1, -0.05) is 151 Å². The first-order chi connectivity index (χ1) is 23.5. The lowest BCUT2D eigenvalue weighted by atomic mass is 9.85. The highest BCUT2D eigenvalue weighted by Crippen LogP contribution is 2.39. The van der Waals surface area contributed by atoms with Crippen molar-refractivity contribution in [1.29, 1.82) is 0 Å².